The van der Waals surface area contributed by atoms with Crippen LogP contribution in [-0.4, -0.2) is 42.9 Å². The first kappa shape index (κ1) is 36.7. The summed E-state index contributed by atoms with van der Waals surface area (Å²) < 4.78 is 33.1. The average Bonchev–Trinajstić information content (AvgIpc) is 3.95. The van der Waals surface area contributed by atoms with Crippen molar-refractivity contribution in [3.05, 3.63) is 144 Å². The molecular formula is C38H33Cl2N6O5S-. The summed E-state index contributed by atoms with van der Waals surface area (Å²) in [7, 11) is 1.80. The first-order valence-electron chi connectivity index (χ1n) is 16.1. The minimum absolute atomic E-state index is 0.110. The van der Waals surface area contributed by atoms with Gasteiger partial charge < -0.3 is 27.6 Å². The van der Waals surface area contributed by atoms with Crippen LogP contribution >= 0.6 is 22.3 Å². The molecule has 0 saturated carbocycles. The van der Waals surface area contributed by atoms with Crippen LogP contribution in [0.3, 0.4) is 0 Å². The molecule has 1 atom stereocenters. The van der Waals surface area contributed by atoms with Crippen LogP contribution in [-0.2, 0) is 35.9 Å². The van der Waals surface area contributed by atoms with Crippen LogP contribution in [0.25, 0.3) is 45.0 Å². The van der Waals surface area contributed by atoms with Crippen molar-refractivity contribution in [2.24, 2.45) is 0 Å². The Kier molecular flexibility index (Phi) is 11.9. The molecule has 14 heteroatoms. The molecule has 0 aliphatic heterocycles. The highest BCUT2D eigenvalue weighted by atomic mass is 35.7. The molecular weight excluding hydrogens is 723 g/mol. The smallest absolute Gasteiger partial charge is 0.226 e. The lowest BCUT2D eigenvalue weighted by molar-refractivity contribution is 0.275. The molecule has 8 rings (SSSR count). The summed E-state index contributed by atoms with van der Waals surface area (Å²) in [5, 5.41) is 9.22. The van der Waals surface area contributed by atoms with E-state index in [4.69, 9.17) is 29.2 Å². The van der Waals surface area contributed by atoms with Crippen molar-refractivity contribution in [2.75, 3.05) is 0 Å². The summed E-state index contributed by atoms with van der Waals surface area (Å²) in [6, 6.07) is 32.6. The molecule has 52 heavy (non-hydrogen) atoms. The summed E-state index contributed by atoms with van der Waals surface area (Å²) in [6.07, 6.45) is 3.74. The van der Waals surface area contributed by atoms with Gasteiger partial charge in [0, 0.05) is 34.5 Å². The van der Waals surface area contributed by atoms with Gasteiger partial charge in [-0.3, -0.25) is 4.21 Å². The van der Waals surface area contributed by atoms with Gasteiger partial charge in [0.05, 0.1) is 52.9 Å². The van der Waals surface area contributed by atoms with Gasteiger partial charge in [-0.15, -0.1) is 11.6 Å². The fourth-order valence-electron chi connectivity index (χ4n) is 5.55. The third-order valence-corrected chi connectivity index (χ3v) is 8.48. The summed E-state index contributed by atoms with van der Waals surface area (Å²) in [6.45, 7) is 5.11. The third kappa shape index (κ3) is 8.84. The molecule has 0 radical (unpaired) electrons. The van der Waals surface area contributed by atoms with E-state index in [1.54, 1.807) is 6.92 Å². The number of halogens is 2. The minimum Gasteiger partial charge on any atom is -0.760 e. The van der Waals surface area contributed by atoms with Gasteiger partial charge in [-0.1, -0.05) is 48.5 Å². The number of para-hydroxylation sites is 4. The van der Waals surface area contributed by atoms with E-state index in [0.29, 0.717) is 29.1 Å². The topological polar surface area (TPSA) is 148 Å². The number of hydrogen-bond acceptors (Lipinski definition) is 9. The molecule has 4 heterocycles. The Bertz CT molecular complexity index is 2250. The van der Waals surface area contributed by atoms with Crippen LogP contribution in [0.1, 0.15) is 34.0 Å². The normalized spacial score (nSPS) is 11.6. The first-order chi connectivity index (χ1) is 25.2. The van der Waals surface area contributed by atoms with Crippen molar-refractivity contribution in [3.63, 3.8) is 0 Å². The second-order valence-corrected chi connectivity index (χ2v) is 13.1. The lowest BCUT2D eigenvalue weighted by Gasteiger charge is -2.05. The number of aryl methyl sites for hydroxylation is 2. The molecule has 11 nitrogen and oxygen atoms in total. The number of hydrogen-bond donors (Lipinski definition) is 1. The maximum absolute atomic E-state index is 9.22. The Labute approximate surface area is 311 Å². The van der Waals surface area contributed by atoms with E-state index in [1.165, 1.54) is 11.1 Å². The number of oxazole rings is 2. The molecule has 0 aliphatic carbocycles. The fraction of sp³-hybridized carbons (Fsp3) is 0.158. The first-order valence-corrected chi connectivity index (χ1v) is 18.5. The third-order valence-electron chi connectivity index (χ3n) is 8.22. The summed E-state index contributed by atoms with van der Waals surface area (Å²) in [5.41, 5.74) is 9.87. The van der Waals surface area contributed by atoms with Crippen LogP contribution in [0, 0.1) is 13.8 Å². The van der Waals surface area contributed by atoms with Gasteiger partial charge in [-0.2, -0.15) is 0 Å². The number of aliphatic hydroxyl groups excluding tert-OH is 1. The molecule has 0 aliphatic rings. The second-order valence-electron chi connectivity index (χ2n) is 11.6. The molecule has 0 bridgehead atoms. The molecule has 4 aromatic carbocycles. The second kappa shape index (κ2) is 16.9. The number of imidazole rings is 2. The van der Waals surface area contributed by atoms with E-state index in [2.05, 4.69) is 76.2 Å². The predicted molar refractivity (Wildman–Crippen MR) is 201 cm³/mol. The SMILES string of the molecule is Cc1oc(-c2ccc(Cn3cnc4ccccc43)cc2)nc1CCl.Cc1oc(-c2ccc(Cn3cnc4ccccc43)cc2)nc1CO.O=S([O-])Cl. The zero-order chi connectivity index (χ0) is 36.6. The van der Waals surface area contributed by atoms with Gasteiger partial charge in [0.2, 0.25) is 11.8 Å². The number of aromatic nitrogens is 6. The molecule has 0 saturated heterocycles. The molecule has 0 spiro atoms. The Morgan fingerprint density at radius 1 is 0.692 bits per heavy atom. The van der Waals surface area contributed by atoms with E-state index in [9.17, 15) is 5.11 Å². The van der Waals surface area contributed by atoms with Crippen molar-refractivity contribution >= 4 is 54.6 Å². The van der Waals surface area contributed by atoms with Gasteiger partial charge in [-0.05, 0) is 84.2 Å². The van der Waals surface area contributed by atoms with E-state index >= 15 is 0 Å². The molecule has 266 valence electrons. The van der Waals surface area contributed by atoms with Crippen molar-refractivity contribution in [1.82, 2.24) is 29.1 Å². The Morgan fingerprint density at radius 2 is 1.10 bits per heavy atom. The van der Waals surface area contributed by atoms with Crippen molar-refractivity contribution in [1.29, 1.82) is 0 Å². The molecule has 4 aromatic heterocycles. The monoisotopic (exact) mass is 755 g/mol. The average molecular weight is 757 g/mol. The van der Waals surface area contributed by atoms with E-state index in [1.807, 2.05) is 80.2 Å². The Hall–Kier alpha value is -5.11. The largest absolute Gasteiger partial charge is 0.760 e. The van der Waals surface area contributed by atoms with Gasteiger partial charge in [-0.25, -0.2) is 19.9 Å². The maximum Gasteiger partial charge on any atom is 0.226 e. The lowest BCUT2D eigenvalue weighted by atomic mass is 10.1. The molecule has 0 fully saturated rings. The van der Waals surface area contributed by atoms with Crippen molar-refractivity contribution in [3.8, 4) is 22.9 Å². The number of rotatable bonds is 8. The van der Waals surface area contributed by atoms with Crippen LogP contribution < -0.4 is 0 Å². The highest BCUT2D eigenvalue weighted by Crippen LogP contribution is 2.25. The van der Waals surface area contributed by atoms with Gasteiger partial charge in [0.25, 0.3) is 0 Å². The Balaban J connectivity index is 0.000000162. The van der Waals surface area contributed by atoms with Crippen LogP contribution in [0.4, 0.5) is 0 Å². The lowest BCUT2D eigenvalue weighted by Crippen LogP contribution is -1.97. The quantitative estimate of drug-likeness (QED) is 0.0918. The maximum atomic E-state index is 9.22. The highest BCUT2D eigenvalue weighted by Gasteiger charge is 2.12. The van der Waals surface area contributed by atoms with Crippen LogP contribution in [0.5, 0.6) is 0 Å². The summed E-state index contributed by atoms with van der Waals surface area (Å²) in [4.78, 5) is 17.6. The van der Waals surface area contributed by atoms with Gasteiger partial charge >= 0.3 is 0 Å². The Morgan fingerprint density at radius 3 is 1.48 bits per heavy atom. The number of benzene rings is 4. The minimum atomic E-state index is -2.39. The predicted octanol–water partition coefficient (Wildman–Crippen LogP) is 8.35. The number of nitrogens with zero attached hydrogens (tertiary/aromatic N) is 6. The number of fused-ring (bicyclic) bond motifs is 2. The van der Waals surface area contributed by atoms with E-state index in [0.717, 1.165) is 57.7 Å². The standard InChI is InChI=1S/C19H16ClN3O.C19H17N3O2.ClHO2S/c1-13-17(10-20)22-19(24-13)15-8-6-14(7-9-15)11-23-12-21-16-4-2-3-5-18(16)23;1-13-17(11-23)21-19(24-13)15-8-6-14(7-9-15)10-22-12-20-16-4-2-3-5-18(16)22;1-4(2)3/h2-9,12H,10-11H2,1H3;2-9,12,23H,10-11H2,1H3;(H,2,3)/p-1. The molecule has 1 N–H and O–H groups in total. The molecule has 8 aromatic rings. The summed E-state index contributed by atoms with van der Waals surface area (Å²) >= 11 is 5.85. The van der Waals surface area contributed by atoms with Crippen LogP contribution in [0.2, 0.25) is 0 Å². The summed E-state index contributed by atoms with van der Waals surface area (Å²) in [5.74, 6) is 2.94. The zero-order valence-corrected chi connectivity index (χ0v) is 30.5. The molecule has 1 unspecified atom stereocenters. The zero-order valence-electron chi connectivity index (χ0n) is 28.1. The van der Waals surface area contributed by atoms with E-state index < -0.39 is 10.3 Å². The molecule has 0 amide bonds. The van der Waals surface area contributed by atoms with E-state index in [-0.39, 0.29) is 6.61 Å². The van der Waals surface area contributed by atoms with Crippen LogP contribution in [0.15, 0.2) is 119 Å². The van der Waals surface area contributed by atoms with Crippen molar-refractivity contribution < 1.29 is 22.7 Å². The van der Waals surface area contributed by atoms with Gasteiger partial charge in [0.1, 0.15) is 17.2 Å². The van der Waals surface area contributed by atoms with Gasteiger partial charge in [0.15, 0.2) is 0 Å². The fourth-order valence-corrected chi connectivity index (χ4v) is 5.79. The number of aliphatic hydroxyl groups is 1. The highest BCUT2D eigenvalue weighted by molar-refractivity contribution is 8.03. The number of alkyl halides is 1. The van der Waals surface area contributed by atoms with Crippen molar-refractivity contribution in [2.45, 2.75) is 39.4 Å².